The summed E-state index contributed by atoms with van der Waals surface area (Å²) in [6.07, 6.45) is 1.58. The van der Waals surface area contributed by atoms with Crippen molar-refractivity contribution in [1.82, 2.24) is 4.98 Å². The molecule has 0 aliphatic heterocycles. The molecule has 0 saturated heterocycles. The van der Waals surface area contributed by atoms with Crippen LogP contribution in [0.3, 0.4) is 0 Å². The van der Waals surface area contributed by atoms with Crippen LogP contribution in [-0.4, -0.2) is 20.4 Å². The van der Waals surface area contributed by atoms with Crippen molar-refractivity contribution in [3.63, 3.8) is 0 Å². The molecule has 0 fully saturated rings. The molecule has 2 aromatic carbocycles. The highest BCUT2D eigenvalue weighted by atomic mass is 32.2. The molecule has 3 aromatic rings. The van der Waals surface area contributed by atoms with E-state index in [1.165, 1.54) is 19.1 Å². The van der Waals surface area contributed by atoms with Gasteiger partial charge in [0.2, 0.25) is 0 Å². The Labute approximate surface area is 152 Å². The van der Waals surface area contributed by atoms with Crippen LogP contribution in [0.1, 0.15) is 5.56 Å². The number of pyridine rings is 1. The molecule has 0 amide bonds. The van der Waals surface area contributed by atoms with Gasteiger partial charge in [-0.2, -0.15) is 0 Å². The summed E-state index contributed by atoms with van der Waals surface area (Å²) >= 11 is 0. The molecular formula is C19H18FN3O2S. The number of anilines is 3. The fraction of sp³-hybridized carbons (Fsp3) is 0.105. The molecular weight excluding hydrogens is 353 g/mol. The van der Waals surface area contributed by atoms with Crippen molar-refractivity contribution in [2.45, 2.75) is 11.8 Å². The fourth-order valence-corrected chi connectivity index (χ4v) is 3.52. The third-order valence-electron chi connectivity index (χ3n) is 3.96. The zero-order valence-electron chi connectivity index (χ0n) is 14.3. The maximum absolute atomic E-state index is 13.3. The van der Waals surface area contributed by atoms with Crippen molar-refractivity contribution in [3.8, 4) is 0 Å². The van der Waals surface area contributed by atoms with Crippen LogP contribution in [0.5, 0.6) is 0 Å². The normalized spacial score (nSPS) is 11.2. The van der Waals surface area contributed by atoms with Gasteiger partial charge in [0.15, 0.2) is 0 Å². The fourth-order valence-electron chi connectivity index (χ4n) is 2.43. The van der Waals surface area contributed by atoms with Gasteiger partial charge in [0.05, 0.1) is 16.8 Å². The molecule has 1 N–H and O–H groups in total. The largest absolute Gasteiger partial charge is 0.343 e. The quantitative estimate of drug-likeness (QED) is 0.734. The van der Waals surface area contributed by atoms with Crippen LogP contribution >= 0.6 is 0 Å². The second-order valence-corrected chi connectivity index (χ2v) is 7.50. The smallest absolute Gasteiger partial charge is 0.263 e. The van der Waals surface area contributed by atoms with Gasteiger partial charge in [0.25, 0.3) is 10.0 Å². The Morgan fingerprint density at radius 3 is 2.35 bits per heavy atom. The number of sulfonamides is 1. The molecule has 3 rings (SSSR count). The number of benzene rings is 2. The van der Waals surface area contributed by atoms with E-state index in [0.717, 1.165) is 17.4 Å². The second kappa shape index (κ2) is 7.13. The summed E-state index contributed by atoms with van der Waals surface area (Å²) in [5.41, 5.74) is 2.07. The lowest BCUT2D eigenvalue weighted by Crippen LogP contribution is -2.15. The molecule has 26 heavy (non-hydrogen) atoms. The summed E-state index contributed by atoms with van der Waals surface area (Å²) in [6, 6.07) is 16.7. The Hall–Kier alpha value is -2.93. The molecule has 0 aliphatic rings. The van der Waals surface area contributed by atoms with E-state index in [4.69, 9.17) is 0 Å². The third-order valence-corrected chi connectivity index (χ3v) is 5.31. The zero-order valence-corrected chi connectivity index (χ0v) is 15.2. The Morgan fingerprint density at radius 2 is 1.73 bits per heavy atom. The van der Waals surface area contributed by atoms with E-state index in [-0.39, 0.29) is 16.3 Å². The van der Waals surface area contributed by atoms with E-state index in [0.29, 0.717) is 0 Å². The average molecular weight is 371 g/mol. The van der Waals surface area contributed by atoms with Crippen LogP contribution < -0.4 is 9.62 Å². The monoisotopic (exact) mass is 371 g/mol. The summed E-state index contributed by atoms with van der Waals surface area (Å²) in [4.78, 5) is 6.10. The van der Waals surface area contributed by atoms with Crippen molar-refractivity contribution in [2.75, 3.05) is 16.7 Å². The van der Waals surface area contributed by atoms with Crippen LogP contribution in [0.15, 0.2) is 71.8 Å². The molecule has 134 valence electrons. The Kier molecular flexibility index (Phi) is 4.90. The predicted molar refractivity (Wildman–Crippen MR) is 101 cm³/mol. The van der Waals surface area contributed by atoms with Gasteiger partial charge in [0, 0.05) is 12.7 Å². The summed E-state index contributed by atoms with van der Waals surface area (Å²) in [7, 11) is -1.93. The van der Waals surface area contributed by atoms with E-state index in [2.05, 4.69) is 9.71 Å². The van der Waals surface area contributed by atoms with Crippen LogP contribution in [0.2, 0.25) is 0 Å². The molecule has 0 radical (unpaired) electrons. The number of nitrogens with zero attached hydrogens (tertiary/aromatic N) is 2. The minimum Gasteiger partial charge on any atom is -0.343 e. The van der Waals surface area contributed by atoms with Crippen molar-refractivity contribution in [3.05, 3.63) is 78.2 Å². The first-order valence-corrected chi connectivity index (χ1v) is 9.39. The van der Waals surface area contributed by atoms with Gasteiger partial charge in [0.1, 0.15) is 11.6 Å². The maximum Gasteiger partial charge on any atom is 0.263 e. The van der Waals surface area contributed by atoms with Crippen molar-refractivity contribution in [1.29, 1.82) is 0 Å². The summed E-state index contributed by atoms with van der Waals surface area (Å²) in [5.74, 6) is -0.257. The molecule has 5 nitrogen and oxygen atoms in total. The first kappa shape index (κ1) is 17.9. The number of para-hydroxylation sites is 1. The molecule has 0 saturated carbocycles. The van der Waals surface area contributed by atoms with Gasteiger partial charge in [-0.15, -0.1) is 0 Å². The Bertz CT molecular complexity index is 1010. The highest BCUT2D eigenvalue weighted by Crippen LogP contribution is 2.24. The SMILES string of the molecule is Cc1cc(S(=O)(=O)Nc2ccc(N(C)c3ccccc3)cn2)ccc1F. The topological polar surface area (TPSA) is 62.3 Å². The molecule has 7 heteroatoms. The van der Waals surface area contributed by atoms with Crippen LogP contribution in [0, 0.1) is 12.7 Å². The number of halogens is 1. The maximum atomic E-state index is 13.3. The number of nitrogens with one attached hydrogen (secondary N) is 1. The van der Waals surface area contributed by atoms with Crippen molar-refractivity contribution < 1.29 is 12.8 Å². The van der Waals surface area contributed by atoms with Crippen LogP contribution in [-0.2, 0) is 10.0 Å². The molecule has 0 unspecified atom stereocenters. The number of hydrogen-bond donors (Lipinski definition) is 1. The number of aromatic nitrogens is 1. The van der Waals surface area contributed by atoms with Crippen molar-refractivity contribution in [2.24, 2.45) is 0 Å². The van der Waals surface area contributed by atoms with E-state index >= 15 is 0 Å². The van der Waals surface area contributed by atoms with Crippen molar-refractivity contribution >= 4 is 27.2 Å². The van der Waals surface area contributed by atoms with Gasteiger partial charge in [-0.05, 0) is 55.0 Å². The first-order valence-electron chi connectivity index (χ1n) is 7.90. The molecule has 0 bridgehead atoms. The standard InChI is InChI=1S/C19H18FN3O2S/c1-14-12-17(9-10-18(14)20)26(24,25)22-19-11-8-16(13-21-19)23(2)15-6-4-3-5-7-15/h3-13H,1-2H3,(H,21,22). The van der Waals surface area contributed by atoms with Gasteiger partial charge in [-0.3, -0.25) is 4.72 Å². The molecule has 1 aromatic heterocycles. The van der Waals surface area contributed by atoms with E-state index in [1.54, 1.807) is 18.3 Å². The second-order valence-electron chi connectivity index (χ2n) is 5.81. The van der Waals surface area contributed by atoms with Gasteiger partial charge in [-0.25, -0.2) is 17.8 Å². The zero-order chi connectivity index (χ0) is 18.7. The number of aryl methyl sites for hydroxylation is 1. The van der Waals surface area contributed by atoms with Gasteiger partial charge >= 0.3 is 0 Å². The van der Waals surface area contributed by atoms with Gasteiger partial charge < -0.3 is 4.90 Å². The third kappa shape index (κ3) is 3.83. The van der Waals surface area contributed by atoms with Crippen LogP contribution in [0.4, 0.5) is 21.6 Å². The highest BCUT2D eigenvalue weighted by molar-refractivity contribution is 7.92. The lowest BCUT2D eigenvalue weighted by Gasteiger charge is -2.19. The number of rotatable bonds is 5. The summed E-state index contributed by atoms with van der Waals surface area (Å²) < 4.78 is 40.6. The average Bonchev–Trinajstić information content (AvgIpc) is 2.64. The van der Waals surface area contributed by atoms with Gasteiger partial charge in [-0.1, -0.05) is 18.2 Å². The van der Waals surface area contributed by atoms with E-state index < -0.39 is 15.8 Å². The summed E-state index contributed by atoms with van der Waals surface area (Å²) in [6.45, 7) is 1.51. The minimum atomic E-state index is -3.83. The Balaban J connectivity index is 1.79. The van der Waals surface area contributed by atoms with Crippen LogP contribution in [0.25, 0.3) is 0 Å². The summed E-state index contributed by atoms with van der Waals surface area (Å²) in [5, 5.41) is 0. The van der Waals surface area contributed by atoms with E-state index in [9.17, 15) is 12.8 Å². The molecule has 1 heterocycles. The molecule has 0 spiro atoms. The van der Waals surface area contributed by atoms with E-state index in [1.807, 2.05) is 42.3 Å². The minimum absolute atomic E-state index is 0.0105. The predicted octanol–water partition coefficient (Wildman–Crippen LogP) is 4.10. The first-order chi connectivity index (χ1) is 12.4. The molecule has 0 atom stereocenters. The Morgan fingerprint density at radius 1 is 1.00 bits per heavy atom. The number of hydrogen-bond acceptors (Lipinski definition) is 4. The highest BCUT2D eigenvalue weighted by Gasteiger charge is 2.16. The lowest BCUT2D eigenvalue weighted by atomic mass is 10.2. The lowest BCUT2D eigenvalue weighted by molar-refractivity contribution is 0.598. The molecule has 0 aliphatic carbocycles.